The molecule has 0 spiro atoms. The zero-order valence-corrected chi connectivity index (χ0v) is 13.9. The molecule has 0 saturated carbocycles. The standard InChI is InChI=1S/C17H12ClF3N2O3/c18-9-2-1-3-10(6-9)23-8-11(26-17(23)25)7-22-16(24)12-4-5-13(19)15(21)14(12)20/h1-6,11H,7-8H2,(H,22,24). The maximum absolute atomic E-state index is 13.6. The van der Waals surface area contributed by atoms with E-state index < -0.39 is 41.1 Å². The Hall–Kier alpha value is -2.74. The van der Waals surface area contributed by atoms with Gasteiger partial charge in [-0.05, 0) is 30.3 Å². The highest BCUT2D eigenvalue weighted by Gasteiger charge is 2.33. The first-order valence-electron chi connectivity index (χ1n) is 7.52. The summed E-state index contributed by atoms with van der Waals surface area (Å²) in [5, 5.41) is 2.78. The van der Waals surface area contributed by atoms with E-state index in [4.69, 9.17) is 16.3 Å². The van der Waals surface area contributed by atoms with Gasteiger partial charge in [0.05, 0.1) is 18.7 Å². The van der Waals surface area contributed by atoms with Crippen molar-refractivity contribution in [3.63, 3.8) is 0 Å². The van der Waals surface area contributed by atoms with Crippen molar-refractivity contribution in [2.45, 2.75) is 6.10 Å². The number of rotatable bonds is 4. The molecule has 1 atom stereocenters. The minimum absolute atomic E-state index is 0.125. The maximum atomic E-state index is 13.6. The predicted octanol–water partition coefficient (Wildman–Crippen LogP) is 3.51. The molecule has 1 heterocycles. The van der Waals surface area contributed by atoms with E-state index in [1.54, 1.807) is 24.3 Å². The fourth-order valence-corrected chi connectivity index (χ4v) is 2.67. The van der Waals surface area contributed by atoms with Crippen molar-refractivity contribution < 1.29 is 27.5 Å². The summed E-state index contributed by atoms with van der Waals surface area (Å²) in [6, 6.07) is 8.07. The number of hydrogen-bond donors (Lipinski definition) is 1. The fourth-order valence-electron chi connectivity index (χ4n) is 2.49. The van der Waals surface area contributed by atoms with Crippen molar-refractivity contribution in [1.29, 1.82) is 0 Å². The van der Waals surface area contributed by atoms with Crippen LogP contribution in [0.5, 0.6) is 0 Å². The Morgan fingerprint density at radius 2 is 2.00 bits per heavy atom. The average Bonchev–Trinajstić information content (AvgIpc) is 2.98. The zero-order valence-electron chi connectivity index (χ0n) is 13.1. The van der Waals surface area contributed by atoms with Crippen molar-refractivity contribution in [2.24, 2.45) is 0 Å². The molecule has 2 aromatic carbocycles. The molecule has 1 unspecified atom stereocenters. The number of anilines is 1. The van der Waals surface area contributed by atoms with Crippen LogP contribution in [0, 0.1) is 17.5 Å². The number of benzene rings is 2. The van der Waals surface area contributed by atoms with Crippen molar-refractivity contribution in [3.05, 3.63) is 64.4 Å². The minimum atomic E-state index is -1.72. The van der Waals surface area contributed by atoms with E-state index in [0.29, 0.717) is 16.8 Å². The lowest BCUT2D eigenvalue weighted by Gasteiger charge is -2.13. The molecule has 1 N–H and O–H groups in total. The first-order chi connectivity index (χ1) is 12.4. The number of ether oxygens (including phenoxy) is 1. The van der Waals surface area contributed by atoms with Crippen LogP contribution in [0.25, 0.3) is 0 Å². The van der Waals surface area contributed by atoms with E-state index in [2.05, 4.69) is 5.32 Å². The molecule has 2 amide bonds. The van der Waals surface area contributed by atoms with Gasteiger partial charge in [-0.3, -0.25) is 9.69 Å². The molecule has 1 saturated heterocycles. The zero-order chi connectivity index (χ0) is 18.8. The molecular formula is C17H12ClF3N2O3. The van der Waals surface area contributed by atoms with E-state index in [1.165, 1.54) is 4.90 Å². The van der Waals surface area contributed by atoms with Crippen molar-refractivity contribution >= 4 is 29.3 Å². The summed E-state index contributed by atoms with van der Waals surface area (Å²) < 4.78 is 44.9. The maximum Gasteiger partial charge on any atom is 0.414 e. The Morgan fingerprint density at radius 3 is 2.73 bits per heavy atom. The lowest BCUT2D eigenvalue weighted by molar-refractivity contribution is 0.0911. The fraction of sp³-hybridized carbons (Fsp3) is 0.176. The van der Waals surface area contributed by atoms with Crippen LogP contribution in [0.15, 0.2) is 36.4 Å². The molecule has 0 aromatic heterocycles. The van der Waals surface area contributed by atoms with Crippen LogP contribution in [0.3, 0.4) is 0 Å². The number of carbonyl (C=O) groups excluding carboxylic acids is 2. The summed E-state index contributed by atoms with van der Waals surface area (Å²) in [6.07, 6.45) is -1.32. The van der Waals surface area contributed by atoms with Crippen LogP contribution >= 0.6 is 11.6 Å². The van der Waals surface area contributed by atoms with E-state index in [0.717, 1.165) is 6.07 Å². The smallest absolute Gasteiger partial charge is 0.414 e. The van der Waals surface area contributed by atoms with Crippen molar-refractivity contribution in [3.8, 4) is 0 Å². The summed E-state index contributed by atoms with van der Waals surface area (Å²) in [4.78, 5) is 25.2. The van der Waals surface area contributed by atoms with Gasteiger partial charge in [-0.15, -0.1) is 0 Å². The Morgan fingerprint density at radius 1 is 1.23 bits per heavy atom. The normalized spacial score (nSPS) is 16.5. The van der Waals surface area contributed by atoms with Crippen LogP contribution in [0.1, 0.15) is 10.4 Å². The van der Waals surface area contributed by atoms with Gasteiger partial charge in [0.25, 0.3) is 5.91 Å². The first-order valence-corrected chi connectivity index (χ1v) is 7.90. The van der Waals surface area contributed by atoms with Crippen LogP contribution < -0.4 is 10.2 Å². The number of hydrogen-bond acceptors (Lipinski definition) is 3. The number of halogens is 4. The van der Waals surface area contributed by atoms with E-state index in [1.807, 2.05) is 0 Å². The van der Waals surface area contributed by atoms with Gasteiger partial charge in [-0.25, -0.2) is 18.0 Å². The highest BCUT2D eigenvalue weighted by atomic mass is 35.5. The first kappa shape index (κ1) is 18.1. The molecular weight excluding hydrogens is 373 g/mol. The van der Waals surface area contributed by atoms with Gasteiger partial charge in [0.1, 0.15) is 6.10 Å². The Bertz CT molecular complexity index is 878. The molecule has 1 aliphatic heterocycles. The molecule has 26 heavy (non-hydrogen) atoms. The second kappa shape index (κ2) is 7.25. The van der Waals surface area contributed by atoms with E-state index in [9.17, 15) is 22.8 Å². The van der Waals surface area contributed by atoms with Crippen LogP contribution in [-0.2, 0) is 4.74 Å². The number of carbonyl (C=O) groups is 2. The number of amides is 2. The Kier molecular flexibility index (Phi) is 5.03. The number of nitrogens with one attached hydrogen (secondary N) is 1. The van der Waals surface area contributed by atoms with E-state index in [-0.39, 0.29) is 13.1 Å². The quantitative estimate of drug-likeness (QED) is 0.821. The molecule has 136 valence electrons. The molecule has 0 radical (unpaired) electrons. The molecule has 5 nitrogen and oxygen atoms in total. The summed E-state index contributed by atoms with van der Waals surface area (Å²) in [6.45, 7) is 0.0137. The van der Waals surface area contributed by atoms with Crippen LogP contribution in [0.4, 0.5) is 23.7 Å². The monoisotopic (exact) mass is 384 g/mol. The third kappa shape index (κ3) is 3.60. The second-order valence-corrected chi connectivity index (χ2v) is 5.97. The van der Waals surface area contributed by atoms with Gasteiger partial charge in [-0.1, -0.05) is 17.7 Å². The third-order valence-corrected chi connectivity index (χ3v) is 4.00. The highest BCUT2D eigenvalue weighted by molar-refractivity contribution is 6.30. The lowest BCUT2D eigenvalue weighted by atomic mass is 10.2. The molecule has 9 heteroatoms. The van der Waals surface area contributed by atoms with Crippen LogP contribution in [0.2, 0.25) is 5.02 Å². The van der Waals surface area contributed by atoms with Gasteiger partial charge in [-0.2, -0.15) is 0 Å². The van der Waals surface area contributed by atoms with Gasteiger partial charge in [0, 0.05) is 10.7 Å². The highest BCUT2D eigenvalue weighted by Crippen LogP contribution is 2.24. The summed E-state index contributed by atoms with van der Waals surface area (Å²) >= 11 is 5.89. The Labute approximate surface area is 151 Å². The summed E-state index contributed by atoms with van der Waals surface area (Å²) in [5.41, 5.74) is -0.108. The van der Waals surface area contributed by atoms with Crippen molar-refractivity contribution in [1.82, 2.24) is 5.32 Å². The number of nitrogens with zero attached hydrogens (tertiary/aromatic N) is 1. The van der Waals surface area contributed by atoms with Gasteiger partial charge in [0.15, 0.2) is 17.5 Å². The summed E-state index contributed by atoms with van der Waals surface area (Å²) in [5.74, 6) is -5.64. The SMILES string of the molecule is O=C(NCC1CN(c2cccc(Cl)c2)C(=O)O1)c1ccc(F)c(F)c1F. The topological polar surface area (TPSA) is 58.6 Å². The van der Waals surface area contributed by atoms with Gasteiger partial charge in [0.2, 0.25) is 0 Å². The largest absolute Gasteiger partial charge is 0.442 e. The minimum Gasteiger partial charge on any atom is -0.442 e. The van der Waals surface area contributed by atoms with Crippen LogP contribution in [-0.4, -0.2) is 31.2 Å². The van der Waals surface area contributed by atoms with E-state index >= 15 is 0 Å². The van der Waals surface area contributed by atoms with Crippen molar-refractivity contribution in [2.75, 3.05) is 18.0 Å². The molecule has 0 bridgehead atoms. The summed E-state index contributed by atoms with van der Waals surface area (Å²) in [7, 11) is 0. The predicted molar refractivity (Wildman–Crippen MR) is 87.7 cm³/mol. The van der Waals surface area contributed by atoms with Gasteiger partial charge >= 0.3 is 6.09 Å². The lowest BCUT2D eigenvalue weighted by Crippen LogP contribution is -2.35. The molecule has 3 rings (SSSR count). The number of cyclic esters (lactones) is 1. The van der Waals surface area contributed by atoms with Gasteiger partial charge < -0.3 is 10.1 Å². The third-order valence-electron chi connectivity index (χ3n) is 3.76. The average molecular weight is 385 g/mol. The Balaban J connectivity index is 1.63. The molecule has 1 aliphatic rings. The molecule has 0 aliphatic carbocycles. The molecule has 1 fully saturated rings. The molecule has 2 aromatic rings. The second-order valence-electron chi connectivity index (χ2n) is 5.53.